The van der Waals surface area contributed by atoms with Crippen LogP contribution in [0.4, 0.5) is 10.6 Å². The fourth-order valence-electron chi connectivity index (χ4n) is 6.53. The van der Waals surface area contributed by atoms with E-state index in [1.54, 1.807) is 63.1 Å². The predicted molar refractivity (Wildman–Crippen MR) is 186 cm³/mol. The molecule has 2 atom stereocenters. The molecule has 49 heavy (non-hydrogen) atoms. The van der Waals surface area contributed by atoms with Crippen LogP contribution in [0.1, 0.15) is 45.8 Å². The highest BCUT2D eigenvalue weighted by Crippen LogP contribution is 2.35. The Kier molecular flexibility index (Phi) is 11.2. The van der Waals surface area contributed by atoms with Crippen molar-refractivity contribution in [2.24, 2.45) is 5.92 Å². The van der Waals surface area contributed by atoms with Gasteiger partial charge in [-0.3, -0.25) is 9.80 Å². The van der Waals surface area contributed by atoms with Crippen LogP contribution in [0, 0.1) is 5.92 Å². The maximum atomic E-state index is 13.6. The number of anilines is 1. The molecule has 2 aromatic heterocycles. The molecule has 3 aliphatic heterocycles. The summed E-state index contributed by atoms with van der Waals surface area (Å²) in [6, 6.07) is 18.0. The van der Waals surface area contributed by atoms with E-state index in [0.717, 1.165) is 49.2 Å². The first-order valence-corrected chi connectivity index (χ1v) is 17.0. The van der Waals surface area contributed by atoms with Gasteiger partial charge in [0.15, 0.2) is 23.9 Å². The lowest BCUT2D eigenvalue weighted by atomic mass is 9.86. The normalized spacial score (nSPS) is 18.7. The van der Waals surface area contributed by atoms with Crippen LogP contribution in [0.2, 0.25) is 10.0 Å². The van der Waals surface area contributed by atoms with Crippen LogP contribution in [0.5, 0.6) is 11.5 Å². The summed E-state index contributed by atoms with van der Waals surface area (Å²) in [5, 5.41) is 0.947. The Hall–Kier alpha value is -4.38. The molecular formula is C37H39Cl2N4O6+. The van der Waals surface area contributed by atoms with E-state index < -0.39 is 12.1 Å². The number of rotatable bonds is 12. The Labute approximate surface area is 295 Å². The fourth-order valence-corrected chi connectivity index (χ4v) is 7.06. The quantitative estimate of drug-likeness (QED) is 0.151. The molecule has 0 unspecified atom stereocenters. The van der Waals surface area contributed by atoms with Crippen LogP contribution in [0.3, 0.4) is 0 Å². The van der Waals surface area contributed by atoms with Crippen molar-refractivity contribution in [1.29, 1.82) is 0 Å². The molecule has 1 amide bonds. The van der Waals surface area contributed by atoms with E-state index >= 15 is 0 Å². The molecule has 0 spiro atoms. The molecule has 5 heterocycles. The van der Waals surface area contributed by atoms with Gasteiger partial charge in [-0.05, 0) is 85.8 Å². The maximum Gasteiger partial charge on any atom is 0.416 e. The van der Waals surface area contributed by atoms with Gasteiger partial charge >= 0.3 is 12.1 Å². The van der Waals surface area contributed by atoms with Crippen LogP contribution < -0.4 is 19.4 Å². The van der Waals surface area contributed by atoms with Gasteiger partial charge in [-0.15, -0.1) is 0 Å². The molecule has 2 bridgehead atoms. The molecule has 4 aromatic rings. The number of carbonyl (C=O) groups is 2. The van der Waals surface area contributed by atoms with Crippen LogP contribution >= 0.6 is 23.2 Å². The average Bonchev–Trinajstić information content (AvgIpc) is 3.14. The van der Waals surface area contributed by atoms with Gasteiger partial charge < -0.3 is 18.9 Å². The number of benzene rings is 2. The minimum Gasteiger partial charge on any atom is -0.493 e. The molecule has 2 aromatic carbocycles. The Morgan fingerprint density at radius 1 is 0.980 bits per heavy atom. The number of hydrogen-bond donors (Lipinski definition) is 0. The number of aromatic nitrogens is 2. The van der Waals surface area contributed by atoms with Crippen molar-refractivity contribution in [2.75, 3.05) is 45.4 Å². The molecule has 0 saturated carbocycles. The minimum absolute atomic E-state index is 0.0375. The lowest BCUT2D eigenvalue weighted by molar-refractivity contribution is -0.377. The molecular weight excluding hydrogens is 667 g/mol. The van der Waals surface area contributed by atoms with E-state index in [9.17, 15) is 9.59 Å². The van der Waals surface area contributed by atoms with Crippen molar-refractivity contribution in [3.63, 3.8) is 0 Å². The van der Waals surface area contributed by atoms with Crippen molar-refractivity contribution in [2.45, 2.75) is 37.8 Å². The second-order valence-electron chi connectivity index (χ2n) is 12.3. The molecule has 3 saturated heterocycles. The molecule has 10 nitrogen and oxygen atoms in total. The van der Waals surface area contributed by atoms with Crippen LogP contribution in [0.15, 0.2) is 79.3 Å². The monoisotopic (exact) mass is 705 g/mol. The van der Waals surface area contributed by atoms with Gasteiger partial charge in [0.25, 0.3) is 0 Å². The Bertz CT molecular complexity index is 1750. The predicted octanol–water partition coefficient (Wildman–Crippen LogP) is 6.64. The van der Waals surface area contributed by atoms with Gasteiger partial charge in [-0.25, -0.2) is 19.6 Å². The largest absolute Gasteiger partial charge is 0.493 e. The second kappa shape index (κ2) is 15.9. The highest BCUT2D eigenvalue weighted by atomic mass is 35.5. The highest BCUT2D eigenvalue weighted by Gasteiger charge is 2.37. The number of aromatic amines is 1. The summed E-state index contributed by atoms with van der Waals surface area (Å²) in [7, 11) is 3.14. The summed E-state index contributed by atoms with van der Waals surface area (Å²) >= 11 is 13.0. The molecule has 0 aliphatic carbocycles. The van der Waals surface area contributed by atoms with Crippen LogP contribution in [0.25, 0.3) is 0 Å². The Morgan fingerprint density at radius 3 is 2.43 bits per heavy atom. The number of halogens is 2. The molecule has 7 rings (SSSR count). The second-order valence-corrected chi connectivity index (χ2v) is 13.1. The first kappa shape index (κ1) is 34.5. The molecule has 3 aliphatic rings. The number of piperidine rings is 3. The lowest BCUT2D eigenvalue weighted by Crippen LogP contribution is -2.53. The van der Waals surface area contributed by atoms with Gasteiger partial charge in [-0.1, -0.05) is 47.5 Å². The summed E-state index contributed by atoms with van der Waals surface area (Å²) in [4.78, 5) is 38.4. The number of fused-ring (bicyclic) bond motifs is 3. The smallest absolute Gasteiger partial charge is 0.416 e. The minimum atomic E-state index is -0.509. The van der Waals surface area contributed by atoms with Crippen LogP contribution in [-0.4, -0.2) is 68.5 Å². The number of esters is 1. The van der Waals surface area contributed by atoms with E-state index in [0.29, 0.717) is 45.3 Å². The van der Waals surface area contributed by atoms with Crippen molar-refractivity contribution in [3.05, 3.63) is 112 Å². The van der Waals surface area contributed by atoms with E-state index in [1.807, 2.05) is 30.3 Å². The number of H-pyrrole nitrogens is 1. The maximum absolute atomic E-state index is 13.6. The zero-order valence-electron chi connectivity index (χ0n) is 27.4. The van der Waals surface area contributed by atoms with Crippen molar-refractivity contribution >= 4 is 41.1 Å². The zero-order chi connectivity index (χ0) is 34.3. The lowest BCUT2D eigenvalue weighted by Gasteiger charge is -2.44. The number of nitrogens with zero attached hydrogens (tertiary/aromatic N) is 3. The third-order valence-electron chi connectivity index (χ3n) is 9.24. The van der Waals surface area contributed by atoms with Gasteiger partial charge in [0.05, 0.1) is 32.9 Å². The number of carbonyl (C=O) groups excluding carboxylic acids is 2. The SMILES string of the molecule is COc1ccc([C@@H](COC(=O)c2cccc(CN(C(=O)O[C@H]3CN4CCC3CC4)c3ccccn3)c2)Cc2c(Cl)c[nH+]cc2Cl)cc1OC. The Balaban J connectivity index is 1.19. The molecule has 3 fully saturated rings. The zero-order valence-corrected chi connectivity index (χ0v) is 29.0. The van der Waals surface area contributed by atoms with E-state index in [1.165, 1.54) is 4.90 Å². The number of amides is 1. The Morgan fingerprint density at radius 2 is 1.76 bits per heavy atom. The molecule has 256 valence electrons. The third kappa shape index (κ3) is 8.26. The highest BCUT2D eigenvalue weighted by molar-refractivity contribution is 6.35. The summed E-state index contributed by atoms with van der Waals surface area (Å²) in [5.41, 5.74) is 2.65. The molecule has 0 radical (unpaired) electrons. The number of nitrogens with one attached hydrogen (secondary N) is 1. The van der Waals surface area contributed by atoms with Gasteiger partial charge in [0.2, 0.25) is 0 Å². The van der Waals surface area contributed by atoms with Gasteiger partial charge in [-0.2, -0.15) is 0 Å². The summed E-state index contributed by atoms with van der Waals surface area (Å²) in [6.07, 6.45) is 6.81. The summed E-state index contributed by atoms with van der Waals surface area (Å²) in [6.45, 7) is 3.05. The van der Waals surface area contributed by atoms with Crippen molar-refractivity contribution in [3.8, 4) is 11.5 Å². The number of pyridine rings is 2. The molecule has 1 N–H and O–H groups in total. The van der Waals surface area contributed by atoms with E-state index in [-0.39, 0.29) is 25.2 Å². The number of methoxy groups -OCH3 is 2. The third-order valence-corrected chi connectivity index (χ3v) is 9.91. The van der Waals surface area contributed by atoms with Crippen molar-refractivity contribution in [1.82, 2.24) is 9.88 Å². The standard InChI is InChI=1S/C37H38Cl2N4O6/c1-46-32-10-9-26(18-33(32)47-2)28(17-29-30(38)19-40-20-31(29)39)23-48-36(44)27-7-5-6-24(16-27)21-43(35-8-3-4-13-41-35)37(45)49-34-22-42-14-11-25(34)12-15-42/h3-10,13,16,18-20,25,28,34H,11-12,14-15,17,21-23H2,1-2H3/p+1/t28-,34+/m1/s1. The first-order valence-electron chi connectivity index (χ1n) is 16.3. The van der Waals surface area contributed by atoms with E-state index in [2.05, 4.69) is 14.9 Å². The van der Waals surface area contributed by atoms with E-state index in [4.69, 9.17) is 42.1 Å². The van der Waals surface area contributed by atoms with Gasteiger partial charge in [0.1, 0.15) is 22.0 Å². The number of hydrogen-bond acceptors (Lipinski definition) is 8. The van der Waals surface area contributed by atoms with Crippen LogP contribution in [-0.2, 0) is 22.4 Å². The van der Waals surface area contributed by atoms with Gasteiger partial charge in [0, 0.05) is 24.2 Å². The number of ether oxygens (including phenoxy) is 4. The van der Waals surface area contributed by atoms with Crippen molar-refractivity contribution < 1.29 is 33.5 Å². The summed E-state index contributed by atoms with van der Waals surface area (Å²) < 4.78 is 22.9. The summed E-state index contributed by atoms with van der Waals surface area (Å²) in [5.74, 6) is 1.14. The molecule has 12 heteroatoms. The fraction of sp³-hybridized carbons (Fsp3) is 0.351. The first-order chi connectivity index (χ1) is 23.8. The average molecular weight is 707 g/mol. The topological polar surface area (TPSA) is 105 Å².